The van der Waals surface area contributed by atoms with Crippen LogP contribution in [-0.2, 0) is 0 Å². The fraction of sp³-hybridized carbons (Fsp3) is 0.417. The molecule has 0 aliphatic carbocycles. The summed E-state index contributed by atoms with van der Waals surface area (Å²) in [5.41, 5.74) is 3.65. The predicted molar refractivity (Wildman–Crippen MR) is 66.1 cm³/mol. The van der Waals surface area contributed by atoms with Crippen molar-refractivity contribution in [1.29, 1.82) is 0 Å². The molecule has 4 heteroatoms. The highest BCUT2D eigenvalue weighted by molar-refractivity contribution is 5.94. The fourth-order valence-electron chi connectivity index (χ4n) is 1.46. The third-order valence-corrected chi connectivity index (χ3v) is 2.37. The minimum Gasteiger partial charge on any atom is -0.385 e. The van der Waals surface area contributed by atoms with Crippen molar-refractivity contribution < 1.29 is 4.79 Å². The van der Waals surface area contributed by atoms with Crippen LogP contribution in [0.15, 0.2) is 24.3 Å². The summed E-state index contributed by atoms with van der Waals surface area (Å²) in [6, 6.07) is 7.32. The lowest BCUT2D eigenvalue weighted by Crippen LogP contribution is -2.29. The maximum Gasteiger partial charge on any atom is 0.265 e. The van der Waals surface area contributed by atoms with Gasteiger partial charge in [-0.2, -0.15) is 0 Å². The summed E-state index contributed by atoms with van der Waals surface area (Å²) in [5.74, 6) is 4.81. The molecular formula is C12H19N3O. The summed E-state index contributed by atoms with van der Waals surface area (Å²) in [7, 11) is 0. The van der Waals surface area contributed by atoms with E-state index in [1.165, 1.54) is 12.8 Å². The fourth-order valence-corrected chi connectivity index (χ4v) is 1.46. The van der Waals surface area contributed by atoms with Gasteiger partial charge in [0.05, 0.1) is 0 Å². The number of unbranched alkanes of at least 4 members (excludes halogenated alkanes) is 2. The highest BCUT2D eigenvalue weighted by Crippen LogP contribution is 2.10. The first kappa shape index (κ1) is 12.5. The number of hydrogen-bond acceptors (Lipinski definition) is 3. The van der Waals surface area contributed by atoms with Crippen LogP contribution in [0, 0.1) is 0 Å². The highest BCUT2D eigenvalue weighted by Gasteiger charge is 2.03. The third kappa shape index (κ3) is 3.90. The number of rotatable bonds is 6. The maximum atomic E-state index is 11.3. The van der Waals surface area contributed by atoms with E-state index in [0.717, 1.165) is 18.7 Å². The molecule has 4 nitrogen and oxygen atoms in total. The summed E-state index contributed by atoms with van der Waals surface area (Å²) < 4.78 is 0. The molecule has 0 saturated carbocycles. The molecule has 0 atom stereocenters. The number of hydrogen-bond donors (Lipinski definition) is 3. The zero-order chi connectivity index (χ0) is 11.8. The molecule has 0 unspecified atom stereocenters. The van der Waals surface area contributed by atoms with Crippen LogP contribution < -0.4 is 16.6 Å². The van der Waals surface area contributed by atoms with Gasteiger partial charge in [0.25, 0.3) is 5.91 Å². The highest BCUT2D eigenvalue weighted by atomic mass is 16.2. The summed E-state index contributed by atoms with van der Waals surface area (Å²) in [6.45, 7) is 3.10. The molecule has 0 aliphatic heterocycles. The number of amides is 1. The van der Waals surface area contributed by atoms with E-state index < -0.39 is 0 Å². The smallest absolute Gasteiger partial charge is 0.265 e. The van der Waals surface area contributed by atoms with E-state index in [1.54, 1.807) is 12.1 Å². The Bertz CT molecular complexity index is 339. The molecule has 0 heterocycles. The summed E-state index contributed by atoms with van der Waals surface area (Å²) in [6.07, 6.45) is 3.57. The van der Waals surface area contributed by atoms with Gasteiger partial charge in [-0.1, -0.05) is 25.8 Å². The van der Waals surface area contributed by atoms with E-state index in [4.69, 9.17) is 5.84 Å². The molecule has 4 N–H and O–H groups in total. The van der Waals surface area contributed by atoms with Gasteiger partial charge in [-0.15, -0.1) is 0 Å². The molecule has 0 aromatic heterocycles. The Kier molecular flexibility index (Phi) is 5.36. The van der Waals surface area contributed by atoms with Gasteiger partial charge in [-0.25, -0.2) is 5.84 Å². The van der Waals surface area contributed by atoms with Crippen molar-refractivity contribution in [2.75, 3.05) is 11.9 Å². The van der Waals surface area contributed by atoms with E-state index in [1.807, 2.05) is 12.1 Å². The van der Waals surface area contributed by atoms with Gasteiger partial charge in [0.2, 0.25) is 0 Å². The molecule has 0 aliphatic rings. The van der Waals surface area contributed by atoms with Gasteiger partial charge in [0.15, 0.2) is 0 Å². The van der Waals surface area contributed by atoms with Crippen LogP contribution in [0.3, 0.4) is 0 Å². The standard InChI is InChI=1S/C12H19N3O/c1-2-3-4-8-14-11-7-5-6-10(9-11)12(16)15-13/h5-7,9,14H,2-4,8,13H2,1H3,(H,15,16). The largest absolute Gasteiger partial charge is 0.385 e. The van der Waals surface area contributed by atoms with Gasteiger partial charge >= 0.3 is 0 Å². The molecule has 0 fully saturated rings. The molecule has 88 valence electrons. The van der Waals surface area contributed by atoms with Crippen LogP contribution in [0.2, 0.25) is 0 Å². The van der Waals surface area contributed by atoms with Crippen molar-refractivity contribution in [1.82, 2.24) is 5.43 Å². The Morgan fingerprint density at radius 1 is 1.38 bits per heavy atom. The quantitative estimate of drug-likeness (QED) is 0.297. The van der Waals surface area contributed by atoms with Crippen molar-refractivity contribution >= 4 is 11.6 Å². The average Bonchev–Trinajstić information content (AvgIpc) is 2.34. The Morgan fingerprint density at radius 2 is 2.19 bits per heavy atom. The van der Waals surface area contributed by atoms with Crippen molar-refractivity contribution in [3.63, 3.8) is 0 Å². The van der Waals surface area contributed by atoms with Gasteiger partial charge in [0, 0.05) is 17.8 Å². The second kappa shape index (κ2) is 6.85. The molecule has 1 amide bonds. The van der Waals surface area contributed by atoms with Gasteiger partial charge < -0.3 is 5.32 Å². The molecule has 0 radical (unpaired) electrons. The predicted octanol–water partition coefficient (Wildman–Crippen LogP) is 1.89. The maximum absolute atomic E-state index is 11.3. The lowest BCUT2D eigenvalue weighted by atomic mass is 10.2. The van der Waals surface area contributed by atoms with E-state index >= 15 is 0 Å². The summed E-state index contributed by atoms with van der Waals surface area (Å²) in [4.78, 5) is 11.3. The van der Waals surface area contributed by atoms with Crippen LogP contribution in [0.25, 0.3) is 0 Å². The Hall–Kier alpha value is -1.55. The number of carbonyl (C=O) groups is 1. The molecule has 1 rings (SSSR count). The van der Waals surface area contributed by atoms with E-state index in [-0.39, 0.29) is 5.91 Å². The second-order valence-electron chi connectivity index (χ2n) is 3.69. The van der Waals surface area contributed by atoms with Crippen molar-refractivity contribution in [3.05, 3.63) is 29.8 Å². The van der Waals surface area contributed by atoms with Crippen molar-refractivity contribution in [2.45, 2.75) is 26.2 Å². The average molecular weight is 221 g/mol. The van der Waals surface area contributed by atoms with Gasteiger partial charge in [0.1, 0.15) is 0 Å². The normalized spacial score (nSPS) is 9.88. The number of benzene rings is 1. The van der Waals surface area contributed by atoms with E-state index in [2.05, 4.69) is 17.7 Å². The van der Waals surface area contributed by atoms with Crippen molar-refractivity contribution in [3.8, 4) is 0 Å². The number of nitrogen functional groups attached to an aromatic ring is 1. The van der Waals surface area contributed by atoms with Crippen LogP contribution in [0.5, 0.6) is 0 Å². The lowest BCUT2D eigenvalue weighted by Gasteiger charge is -2.07. The summed E-state index contributed by atoms with van der Waals surface area (Å²) in [5, 5.41) is 3.28. The first-order valence-corrected chi connectivity index (χ1v) is 5.62. The van der Waals surface area contributed by atoms with Crippen LogP contribution in [-0.4, -0.2) is 12.5 Å². The number of nitrogens with one attached hydrogen (secondary N) is 2. The molecule has 0 saturated heterocycles. The molecule has 1 aromatic carbocycles. The number of carbonyl (C=O) groups excluding carboxylic acids is 1. The second-order valence-corrected chi connectivity index (χ2v) is 3.69. The lowest BCUT2D eigenvalue weighted by molar-refractivity contribution is 0.0953. The van der Waals surface area contributed by atoms with Crippen LogP contribution >= 0.6 is 0 Å². The monoisotopic (exact) mass is 221 g/mol. The van der Waals surface area contributed by atoms with E-state index in [0.29, 0.717) is 5.56 Å². The number of hydrazine groups is 1. The Balaban J connectivity index is 2.50. The first-order chi connectivity index (χ1) is 7.77. The molecule has 1 aromatic rings. The van der Waals surface area contributed by atoms with Crippen molar-refractivity contribution in [2.24, 2.45) is 5.84 Å². The SMILES string of the molecule is CCCCCNc1cccc(C(=O)NN)c1. The molecule has 0 spiro atoms. The Labute approximate surface area is 96.2 Å². The van der Waals surface area contributed by atoms with Crippen LogP contribution in [0.1, 0.15) is 36.5 Å². The third-order valence-electron chi connectivity index (χ3n) is 2.37. The number of nitrogens with two attached hydrogens (primary N) is 1. The van der Waals surface area contributed by atoms with E-state index in [9.17, 15) is 4.79 Å². The molecule has 0 bridgehead atoms. The molecule has 16 heavy (non-hydrogen) atoms. The minimum atomic E-state index is -0.266. The summed E-state index contributed by atoms with van der Waals surface area (Å²) >= 11 is 0. The van der Waals surface area contributed by atoms with Gasteiger partial charge in [-0.3, -0.25) is 10.2 Å². The topological polar surface area (TPSA) is 67.2 Å². The minimum absolute atomic E-state index is 0.266. The zero-order valence-corrected chi connectivity index (χ0v) is 9.62. The zero-order valence-electron chi connectivity index (χ0n) is 9.62. The molecular weight excluding hydrogens is 202 g/mol. The van der Waals surface area contributed by atoms with Crippen LogP contribution in [0.4, 0.5) is 5.69 Å². The first-order valence-electron chi connectivity index (χ1n) is 5.62. The van der Waals surface area contributed by atoms with Gasteiger partial charge in [-0.05, 0) is 24.6 Å². The number of anilines is 1. The Morgan fingerprint density at radius 3 is 2.88 bits per heavy atom.